The number of ketones is 1. The van der Waals surface area contributed by atoms with E-state index in [1.54, 1.807) is 6.92 Å². The zero-order chi connectivity index (χ0) is 22.3. The van der Waals surface area contributed by atoms with E-state index >= 15 is 0 Å². The monoisotopic (exact) mass is 440 g/mol. The molecule has 2 aliphatic rings. The summed E-state index contributed by atoms with van der Waals surface area (Å²) in [4.78, 5) is 24.5. The van der Waals surface area contributed by atoms with Crippen LogP contribution in [0.1, 0.15) is 39.0 Å². The lowest BCUT2D eigenvalue weighted by Crippen LogP contribution is -2.33. The molecule has 2 heterocycles. The third-order valence-corrected chi connectivity index (χ3v) is 6.76. The number of fused-ring (bicyclic) bond motifs is 1. The van der Waals surface area contributed by atoms with Crippen LogP contribution in [0.5, 0.6) is 17.2 Å². The number of phenolic OH excluding ortho intramolecular Hbond substituents is 1. The zero-order valence-electron chi connectivity index (χ0n) is 17.6. The molecule has 2 unspecified atom stereocenters. The van der Waals surface area contributed by atoms with E-state index in [9.17, 15) is 14.7 Å². The molecule has 4 rings (SSSR count). The second-order valence-electron chi connectivity index (χ2n) is 7.88. The number of benzene rings is 2. The number of aromatic hydroxyl groups is 1. The van der Waals surface area contributed by atoms with Gasteiger partial charge in [0.25, 0.3) is 0 Å². The fourth-order valence-electron chi connectivity index (χ4n) is 3.88. The molecule has 1 saturated heterocycles. The van der Waals surface area contributed by atoms with E-state index in [0.717, 1.165) is 11.1 Å². The number of phenols is 1. The molecule has 2 aliphatic heterocycles. The van der Waals surface area contributed by atoms with Gasteiger partial charge in [0.2, 0.25) is 5.91 Å². The van der Waals surface area contributed by atoms with Crippen LogP contribution in [0.3, 0.4) is 0 Å². The summed E-state index contributed by atoms with van der Waals surface area (Å²) >= 11 is 1.23. The van der Waals surface area contributed by atoms with Crippen molar-refractivity contribution in [3.05, 3.63) is 52.1 Å². The second kappa shape index (κ2) is 8.26. The molecule has 2 atom stereocenters. The lowest BCUT2D eigenvalue weighted by atomic mass is 9.91. The Labute approximate surface area is 184 Å². The number of carbonyl (C=O) groups excluding carboxylic acids is 2. The summed E-state index contributed by atoms with van der Waals surface area (Å²) in [7, 11) is 0. The van der Waals surface area contributed by atoms with Gasteiger partial charge < -0.3 is 19.9 Å². The average Bonchev–Trinajstić information content (AvgIpc) is 3.06. The van der Waals surface area contributed by atoms with Crippen molar-refractivity contribution in [2.45, 2.75) is 45.0 Å². The maximum atomic E-state index is 12.7. The number of Topliss-reactive ketones (excluding diaryl/α,β-unsaturated/α-hetero) is 1. The Hall–Kier alpha value is -3.00. The van der Waals surface area contributed by atoms with Crippen LogP contribution in [-0.4, -0.2) is 39.9 Å². The molecule has 1 fully saturated rings. The minimum atomic E-state index is -0.411. The Bertz CT molecular complexity index is 1080. The molecule has 31 heavy (non-hydrogen) atoms. The largest absolute Gasteiger partial charge is 0.507 e. The molecule has 2 aromatic carbocycles. The third-order valence-electron chi connectivity index (χ3n) is 5.76. The van der Waals surface area contributed by atoms with Crippen LogP contribution in [-0.2, 0) is 11.2 Å². The quantitative estimate of drug-likeness (QED) is 0.657. The van der Waals surface area contributed by atoms with Gasteiger partial charge in [-0.15, -0.1) is 0 Å². The Kier molecular flexibility index (Phi) is 5.66. The van der Waals surface area contributed by atoms with Crippen molar-refractivity contribution in [2.24, 2.45) is 0 Å². The van der Waals surface area contributed by atoms with Crippen LogP contribution < -0.4 is 14.8 Å². The van der Waals surface area contributed by atoms with Gasteiger partial charge in [-0.2, -0.15) is 0 Å². The first-order chi connectivity index (χ1) is 14.7. The highest BCUT2D eigenvalue weighted by molar-refractivity contribution is 8.15. The summed E-state index contributed by atoms with van der Waals surface area (Å²) in [5.74, 6) is 1.14. The summed E-state index contributed by atoms with van der Waals surface area (Å²) in [6, 6.07) is 7.45. The minimum absolute atomic E-state index is 0.0565. The summed E-state index contributed by atoms with van der Waals surface area (Å²) < 4.78 is 11.9. The van der Waals surface area contributed by atoms with E-state index in [1.165, 1.54) is 11.8 Å². The summed E-state index contributed by atoms with van der Waals surface area (Å²) in [6.07, 6.45) is 0.320. The van der Waals surface area contributed by atoms with Gasteiger partial charge in [0.05, 0.1) is 17.2 Å². The molecule has 0 spiro atoms. The molecule has 0 aliphatic carbocycles. The topological polar surface area (TPSA) is 109 Å². The molecule has 0 radical (unpaired) electrons. The molecule has 2 aromatic rings. The maximum Gasteiger partial charge on any atom is 0.239 e. The number of rotatable bonds is 5. The molecule has 1 amide bonds. The van der Waals surface area contributed by atoms with Crippen molar-refractivity contribution in [3.63, 3.8) is 0 Å². The van der Waals surface area contributed by atoms with Crippen molar-refractivity contribution in [3.8, 4) is 17.2 Å². The summed E-state index contributed by atoms with van der Waals surface area (Å²) in [5.41, 5.74) is 3.48. The number of nitrogens with one attached hydrogen (secondary N) is 2. The fourth-order valence-corrected chi connectivity index (χ4v) is 4.76. The second-order valence-corrected chi connectivity index (χ2v) is 9.09. The van der Waals surface area contributed by atoms with Gasteiger partial charge in [-0.3, -0.25) is 15.0 Å². The molecule has 3 N–H and O–H groups in total. The Morgan fingerprint density at radius 1 is 1.16 bits per heavy atom. The number of ether oxygens (including phenoxy) is 2. The number of hydrogen-bond donors (Lipinski definition) is 3. The highest BCUT2D eigenvalue weighted by Crippen LogP contribution is 2.40. The Morgan fingerprint density at radius 2 is 1.87 bits per heavy atom. The van der Waals surface area contributed by atoms with E-state index in [4.69, 9.17) is 14.9 Å². The first kappa shape index (κ1) is 21.2. The normalized spacial score (nSPS) is 20.3. The van der Waals surface area contributed by atoms with Gasteiger partial charge in [-0.25, -0.2) is 0 Å². The van der Waals surface area contributed by atoms with Gasteiger partial charge in [0, 0.05) is 5.56 Å². The Morgan fingerprint density at radius 3 is 2.52 bits per heavy atom. The van der Waals surface area contributed by atoms with Crippen LogP contribution in [0.25, 0.3) is 0 Å². The molecule has 0 saturated carbocycles. The Balaban J connectivity index is 1.40. The van der Waals surface area contributed by atoms with Crippen molar-refractivity contribution in [1.82, 2.24) is 5.32 Å². The standard InChI is InChI=1S/C23H24N2O5S/c1-11-12(2)21-19(13(3)20(11)27)17(26)9-16(30-21)10-29-15-6-4-14(5-7-15)8-18-22(28)25-23(24)31-18/h4-7,16,18,27H,8-10H2,1-3H3,(H2,24,25,28). The smallest absolute Gasteiger partial charge is 0.239 e. The van der Waals surface area contributed by atoms with Crippen molar-refractivity contribution in [1.29, 1.82) is 5.41 Å². The lowest BCUT2D eigenvalue weighted by Gasteiger charge is -2.29. The summed E-state index contributed by atoms with van der Waals surface area (Å²) in [6.45, 7) is 5.61. The number of carbonyl (C=O) groups is 2. The molecular weight excluding hydrogens is 416 g/mol. The average molecular weight is 441 g/mol. The maximum absolute atomic E-state index is 12.7. The van der Waals surface area contributed by atoms with Crippen LogP contribution >= 0.6 is 11.8 Å². The molecule has 0 aromatic heterocycles. The van der Waals surface area contributed by atoms with E-state index < -0.39 is 6.10 Å². The van der Waals surface area contributed by atoms with E-state index in [0.29, 0.717) is 34.6 Å². The lowest BCUT2D eigenvalue weighted by molar-refractivity contribution is -0.118. The van der Waals surface area contributed by atoms with Crippen LogP contribution in [0.2, 0.25) is 0 Å². The van der Waals surface area contributed by atoms with Crippen molar-refractivity contribution in [2.75, 3.05) is 6.61 Å². The van der Waals surface area contributed by atoms with Gasteiger partial charge in [-0.1, -0.05) is 23.9 Å². The molecular formula is C23H24N2O5S. The molecule has 8 heteroatoms. The predicted octanol–water partition coefficient (Wildman–Crippen LogP) is 3.44. The highest BCUT2D eigenvalue weighted by atomic mass is 32.2. The van der Waals surface area contributed by atoms with E-state index in [-0.39, 0.29) is 40.9 Å². The van der Waals surface area contributed by atoms with E-state index in [2.05, 4.69) is 5.32 Å². The number of thioether (sulfide) groups is 1. The van der Waals surface area contributed by atoms with Gasteiger partial charge >= 0.3 is 0 Å². The number of amidine groups is 1. The molecule has 162 valence electrons. The number of hydrogen-bond acceptors (Lipinski definition) is 7. The van der Waals surface area contributed by atoms with Gasteiger partial charge in [0.1, 0.15) is 30.0 Å². The third kappa shape index (κ3) is 4.12. The van der Waals surface area contributed by atoms with Crippen molar-refractivity contribution < 1.29 is 24.2 Å². The summed E-state index contributed by atoms with van der Waals surface area (Å²) in [5, 5.41) is 20.2. The predicted molar refractivity (Wildman–Crippen MR) is 119 cm³/mol. The first-order valence-corrected chi connectivity index (χ1v) is 10.9. The first-order valence-electron chi connectivity index (χ1n) is 10.0. The zero-order valence-corrected chi connectivity index (χ0v) is 18.4. The van der Waals surface area contributed by atoms with E-state index in [1.807, 2.05) is 38.1 Å². The van der Waals surface area contributed by atoms with Crippen LogP contribution in [0.15, 0.2) is 24.3 Å². The molecule has 7 nitrogen and oxygen atoms in total. The SMILES string of the molecule is Cc1c(C)c2c(c(C)c1O)C(=O)CC(COc1ccc(CC3SC(=N)NC3=O)cc1)O2. The fraction of sp³-hybridized carbons (Fsp3) is 0.348. The number of amides is 1. The van der Waals surface area contributed by atoms with Gasteiger partial charge in [0.15, 0.2) is 11.0 Å². The van der Waals surface area contributed by atoms with Gasteiger partial charge in [-0.05, 0) is 56.0 Å². The van der Waals surface area contributed by atoms with Crippen molar-refractivity contribution >= 4 is 28.6 Å². The molecule has 0 bridgehead atoms. The van der Waals surface area contributed by atoms with Crippen LogP contribution in [0.4, 0.5) is 0 Å². The minimum Gasteiger partial charge on any atom is -0.507 e. The highest BCUT2D eigenvalue weighted by Gasteiger charge is 2.32. The van der Waals surface area contributed by atoms with Crippen LogP contribution in [0, 0.1) is 26.2 Å².